The van der Waals surface area contributed by atoms with Gasteiger partial charge in [0.05, 0.1) is 17.6 Å². The number of anilines is 2. The number of aromatic amines is 1. The highest BCUT2D eigenvalue weighted by molar-refractivity contribution is 6.08. The smallest absolute Gasteiger partial charge is 0.258 e. The summed E-state index contributed by atoms with van der Waals surface area (Å²) in [5.74, 6) is -0.0580. The fraction of sp³-hybridized carbons (Fsp3) is 0.118. The van der Waals surface area contributed by atoms with Crippen molar-refractivity contribution in [3.63, 3.8) is 0 Å². The molecule has 0 saturated carbocycles. The van der Waals surface area contributed by atoms with Crippen LogP contribution in [0.4, 0.5) is 11.4 Å². The number of amides is 1. The summed E-state index contributed by atoms with van der Waals surface area (Å²) in [5, 5.41) is 7.09. The topological polar surface area (TPSA) is 87.9 Å². The number of pyridine rings is 1. The first-order valence-electron chi connectivity index (χ1n) is 7.39. The number of nitrogen functional groups attached to an aromatic ring is 1. The van der Waals surface area contributed by atoms with Crippen LogP contribution < -0.4 is 10.6 Å². The lowest BCUT2D eigenvalue weighted by molar-refractivity contribution is 0.0987. The molecule has 1 aliphatic rings. The Hall–Kier alpha value is -3.15. The molecule has 1 aliphatic heterocycles. The Balaban J connectivity index is 1.80. The van der Waals surface area contributed by atoms with Crippen molar-refractivity contribution in [2.24, 2.45) is 0 Å². The second-order valence-electron chi connectivity index (χ2n) is 5.47. The molecule has 0 unspecified atom stereocenters. The van der Waals surface area contributed by atoms with Crippen LogP contribution in [-0.2, 0) is 6.42 Å². The minimum atomic E-state index is -0.0580. The van der Waals surface area contributed by atoms with Crippen LogP contribution in [0.5, 0.6) is 0 Å². The van der Waals surface area contributed by atoms with Gasteiger partial charge in [-0.2, -0.15) is 5.10 Å². The summed E-state index contributed by atoms with van der Waals surface area (Å²) in [7, 11) is 0. The molecular weight excluding hydrogens is 290 g/mol. The summed E-state index contributed by atoms with van der Waals surface area (Å²) < 4.78 is 0. The van der Waals surface area contributed by atoms with Crippen LogP contribution in [0.2, 0.25) is 0 Å². The molecule has 6 nitrogen and oxygen atoms in total. The van der Waals surface area contributed by atoms with Gasteiger partial charge in [0, 0.05) is 29.6 Å². The first kappa shape index (κ1) is 13.5. The fourth-order valence-corrected chi connectivity index (χ4v) is 2.86. The molecule has 3 N–H and O–H groups in total. The molecular formula is C17H15N5O. The maximum absolute atomic E-state index is 12.9. The number of hydrogen-bond acceptors (Lipinski definition) is 4. The predicted molar refractivity (Wildman–Crippen MR) is 88.1 cm³/mol. The molecule has 23 heavy (non-hydrogen) atoms. The first-order valence-corrected chi connectivity index (χ1v) is 7.39. The highest BCUT2D eigenvalue weighted by Gasteiger charge is 2.26. The fourth-order valence-electron chi connectivity index (χ4n) is 2.86. The normalized spacial score (nSPS) is 13.1. The Bertz CT molecular complexity index is 869. The Morgan fingerprint density at radius 1 is 1.22 bits per heavy atom. The van der Waals surface area contributed by atoms with Crippen molar-refractivity contribution in [1.29, 1.82) is 0 Å². The van der Waals surface area contributed by atoms with E-state index in [0.29, 0.717) is 17.8 Å². The summed E-state index contributed by atoms with van der Waals surface area (Å²) in [5.41, 5.74) is 10.4. The molecule has 4 rings (SSSR count). The molecule has 2 aromatic heterocycles. The molecule has 0 bridgehead atoms. The molecule has 3 heterocycles. The quantitative estimate of drug-likeness (QED) is 0.675. The SMILES string of the molecule is Nc1ccc(C(=O)N2CCc3cn[nH]c3-c3ncccc32)cc1. The van der Waals surface area contributed by atoms with E-state index in [0.717, 1.165) is 29.1 Å². The number of rotatable bonds is 1. The summed E-state index contributed by atoms with van der Waals surface area (Å²) in [6, 6.07) is 10.7. The zero-order chi connectivity index (χ0) is 15.8. The molecule has 1 amide bonds. The van der Waals surface area contributed by atoms with E-state index in [4.69, 9.17) is 5.73 Å². The molecule has 0 atom stereocenters. The third-order valence-electron chi connectivity index (χ3n) is 4.04. The van der Waals surface area contributed by atoms with E-state index < -0.39 is 0 Å². The molecule has 6 heteroatoms. The first-order chi connectivity index (χ1) is 11.2. The summed E-state index contributed by atoms with van der Waals surface area (Å²) in [6.07, 6.45) is 4.24. The van der Waals surface area contributed by atoms with Crippen molar-refractivity contribution < 1.29 is 4.79 Å². The van der Waals surface area contributed by atoms with Crippen LogP contribution in [0.3, 0.4) is 0 Å². The number of hydrogen-bond donors (Lipinski definition) is 2. The number of carbonyl (C=O) groups is 1. The number of fused-ring (bicyclic) bond motifs is 3. The van der Waals surface area contributed by atoms with Gasteiger partial charge in [0.1, 0.15) is 5.69 Å². The molecule has 3 aromatic rings. The number of carbonyl (C=O) groups excluding carboxylic acids is 1. The highest BCUT2D eigenvalue weighted by Crippen LogP contribution is 2.33. The average Bonchev–Trinajstić information content (AvgIpc) is 2.98. The van der Waals surface area contributed by atoms with Crippen LogP contribution in [0.1, 0.15) is 15.9 Å². The van der Waals surface area contributed by atoms with Crippen LogP contribution in [-0.4, -0.2) is 27.6 Å². The maximum Gasteiger partial charge on any atom is 0.258 e. The van der Waals surface area contributed by atoms with Gasteiger partial charge in [-0.05, 0) is 42.8 Å². The molecule has 1 aromatic carbocycles. The van der Waals surface area contributed by atoms with Gasteiger partial charge >= 0.3 is 0 Å². The molecule has 0 saturated heterocycles. The maximum atomic E-state index is 12.9. The average molecular weight is 305 g/mol. The van der Waals surface area contributed by atoms with Gasteiger partial charge in [0.25, 0.3) is 5.91 Å². The zero-order valence-electron chi connectivity index (χ0n) is 12.4. The van der Waals surface area contributed by atoms with Crippen LogP contribution in [0.15, 0.2) is 48.8 Å². The Labute approximate surface area is 133 Å². The monoisotopic (exact) mass is 305 g/mol. The molecule has 0 aliphatic carbocycles. The lowest BCUT2D eigenvalue weighted by atomic mass is 10.1. The molecule has 0 radical (unpaired) electrons. The van der Waals surface area contributed by atoms with Gasteiger partial charge in [-0.15, -0.1) is 0 Å². The van der Waals surface area contributed by atoms with E-state index in [9.17, 15) is 4.79 Å². The molecule has 0 spiro atoms. The van der Waals surface area contributed by atoms with E-state index in [-0.39, 0.29) is 5.91 Å². The third-order valence-corrected chi connectivity index (χ3v) is 4.04. The van der Waals surface area contributed by atoms with Crippen molar-refractivity contribution in [1.82, 2.24) is 15.2 Å². The van der Waals surface area contributed by atoms with Gasteiger partial charge in [0.2, 0.25) is 0 Å². The highest BCUT2D eigenvalue weighted by atomic mass is 16.2. The van der Waals surface area contributed by atoms with Gasteiger partial charge in [-0.1, -0.05) is 0 Å². The van der Waals surface area contributed by atoms with E-state index in [1.165, 1.54) is 0 Å². The third kappa shape index (κ3) is 2.24. The Morgan fingerprint density at radius 3 is 2.87 bits per heavy atom. The number of nitrogens with two attached hydrogens (primary N) is 1. The van der Waals surface area contributed by atoms with Crippen LogP contribution >= 0.6 is 0 Å². The largest absolute Gasteiger partial charge is 0.399 e. The minimum Gasteiger partial charge on any atom is -0.399 e. The van der Waals surface area contributed by atoms with Gasteiger partial charge in [-0.25, -0.2) is 0 Å². The Morgan fingerprint density at radius 2 is 2.04 bits per heavy atom. The van der Waals surface area contributed by atoms with Gasteiger partial charge in [-0.3, -0.25) is 14.9 Å². The van der Waals surface area contributed by atoms with Crippen molar-refractivity contribution in [2.75, 3.05) is 17.2 Å². The second kappa shape index (κ2) is 5.24. The lowest BCUT2D eigenvalue weighted by Gasteiger charge is -2.22. The lowest BCUT2D eigenvalue weighted by Crippen LogP contribution is -2.32. The number of benzene rings is 1. The van der Waals surface area contributed by atoms with E-state index in [1.54, 1.807) is 41.6 Å². The predicted octanol–water partition coefficient (Wildman–Crippen LogP) is 2.26. The van der Waals surface area contributed by atoms with Gasteiger partial charge < -0.3 is 10.6 Å². The summed E-state index contributed by atoms with van der Waals surface area (Å²) >= 11 is 0. The number of H-pyrrole nitrogens is 1. The van der Waals surface area contributed by atoms with Crippen LogP contribution in [0, 0.1) is 0 Å². The zero-order valence-corrected chi connectivity index (χ0v) is 12.4. The summed E-state index contributed by atoms with van der Waals surface area (Å²) in [4.78, 5) is 19.1. The standard InChI is InChI=1S/C17H15N5O/c18-13-5-3-11(4-6-13)17(23)22-9-7-12-10-20-21-15(12)16-14(22)2-1-8-19-16/h1-6,8,10H,7,9,18H2,(H,20,21). The van der Waals surface area contributed by atoms with Crippen molar-refractivity contribution >= 4 is 17.3 Å². The number of nitrogens with one attached hydrogen (secondary N) is 1. The summed E-state index contributed by atoms with van der Waals surface area (Å²) in [6.45, 7) is 0.578. The van der Waals surface area contributed by atoms with E-state index >= 15 is 0 Å². The number of nitrogens with zero attached hydrogens (tertiary/aromatic N) is 3. The Kier molecular flexibility index (Phi) is 3.08. The number of aromatic nitrogens is 3. The van der Waals surface area contributed by atoms with Crippen molar-refractivity contribution in [3.8, 4) is 11.4 Å². The minimum absolute atomic E-state index is 0.0580. The van der Waals surface area contributed by atoms with E-state index in [2.05, 4.69) is 15.2 Å². The second-order valence-corrected chi connectivity index (χ2v) is 5.47. The molecule has 0 fully saturated rings. The molecule has 114 valence electrons. The van der Waals surface area contributed by atoms with Crippen molar-refractivity contribution in [3.05, 3.63) is 59.9 Å². The van der Waals surface area contributed by atoms with E-state index in [1.807, 2.05) is 12.1 Å². The van der Waals surface area contributed by atoms with Crippen LogP contribution in [0.25, 0.3) is 11.4 Å². The van der Waals surface area contributed by atoms with Gasteiger partial charge in [0.15, 0.2) is 0 Å². The van der Waals surface area contributed by atoms with Crippen molar-refractivity contribution in [2.45, 2.75) is 6.42 Å².